The van der Waals surface area contributed by atoms with Gasteiger partial charge in [0, 0.05) is 56.8 Å². The number of carbonyl (C=O) groups excluding carboxylic acids is 2. The Hall–Kier alpha value is -3.79. The fraction of sp³-hybridized carbons (Fsp3) is 0.444. The number of fused-ring (bicyclic) bond motifs is 3. The van der Waals surface area contributed by atoms with Gasteiger partial charge in [-0.3, -0.25) is 9.59 Å². The number of rotatable bonds is 5. The van der Waals surface area contributed by atoms with Gasteiger partial charge in [0.15, 0.2) is 0 Å². The van der Waals surface area contributed by atoms with E-state index in [0.29, 0.717) is 30.4 Å². The van der Waals surface area contributed by atoms with E-state index in [1.807, 2.05) is 18.2 Å². The molecule has 2 amide bonds. The number of amides is 2. The molecular weight excluding hydrogens is 468 g/mol. The van der Waals surface area contributed by atoms with Crippen molar-refractivity contribution in [2.75, 3.05) is 30.9 Å². The van der Waals surface area contributed by atoms with E-state index in [1.54, 1.807) is 36.3 Å². The molecule has 192 valence electrons. The molecule has 6 rings (SSSR count). The molecule has 3 aromatic heterocycles. The standard InChI is InChI=1S/C27H32N8O2/c1-16-10-18-15-34(24(36)12-21(16)30-18)20-8-9-23(28-14-20)31-27-29-13-17-11-22(26(37)33(2)3)35(25(17)32-27)19-6-4-5-7-19/h8-9,11,13-14,18-19,21,30H,1,4-7,10,12,15H2,2-3H3,(H,28,29,31,32)/t18-,21-/m1/s1. The summed E-state index contributed by atoms with van der Waals surface area (Å²) in [7, 11) is 3.54. The average Bonchev–Trinajstić information content (AvgIpc) is 3.58. The Morgan fingerprint density at radius 2 is 1.97 bits per heavy atom. The highest BCUT2D eigenvalue weighted by Gasteiger charge is 2.36. The third-order valence-electron chi connectivity index (χ3n) is 7.71. The van der Waals surface area contributed by atoms with Crippen LogP contribution in [0.15, 0.2) is 42.7 Å². The van der Waals surface area contributed by atoms with Crippen LogP contribution in [0.25, 0.3) is 11.0 Å². The van der Waals surface area contributed by atoms with Crippen LogP contribution in [0.3, 0.4) is 0 Å². The van der Waals surface area contributed by atoms with Crippen LogP contribution < -0.4 is 15.5 Å². The quantitative estimate of drug-likeness (QED) is 0.517. The van der Waals surface area contributed by atoms with Crippen LogP contribution in [-0.2, 0) is 4.79 Å². The fourth-order valence-electron chi connectivity index (χ4n) is 5.83. The molecule has 10 heteroatoms. The van der Waals surface area contributed by atoms with Crippen molar-refractivity contribution < 1.29 is 9.59 Å². The Labute approximate surface area is 215 Å². The molecule has 2 saturated heterocycles. The second kappa shape index (κ2) is 9.26. The summed E-state index contributed by atoms with van der Waals surface area (Å²) in [6.07, 6.45) is 9.15. The topological polar surface area (TPSA) is 108 Å². The van der Waals surface area contributed by atoms with Gasteiger partial charge >= 0.3 is 0 Å². The lowest BCUT2D eigenvalue weighted by Crippen LogP contribution is -2.37. The van der Waals surface area contributed by atoms with Gasteiger partial charge in [-0.15, -0.1) is 0 Å². The van der Waals surface area contributed by atoms with Crippen molar-refractivity contribution >= 4 is 40.3 Å². The van der Waals surface area contributed by atoms with E-state index in [9.17, 15) is 9.59 Å². The number of nitrogens with zero attached hydrogens (tertiary/aromatic N) is 6. The average molecular weight is 501 g/mol. The first-order valence-corrected chi connectivity index (χ1v) is 12.9. The molecule has 0 spiro atoms. The third kappa shape index (κ3) is 4.35. The Morgan fingerprint density at radius 3 is 2.70 bits per heavy atom. The highest BCUT2D eigenvalue weighted by atomic mass is 16.2. The third-order valence-corrected chi connectivity index (χ3v) is 7.71. The summed E-state index contributed by atoms with van der Waals surface area (Å²) in [6.45, 7) is 4.71. The molecule has 0 aromatic carbocycles. The fourth-order valence-corrected chi connectivity index (χ4v) is 5.83. The molecule has 1 aliphatic carbocycles. The van der Waals surface area contributed by atoms with Crippen molar-refractivity contribution in [3.05, 3.63) is 48.4 Å². The van der Waals surface area contributed by atoms with Crippen molar-refractivity contribution in [1.82, 2.24) is 29.7 Å². The van der Waals surface area contributed by atoms with Crippen molar-refractivity contribution in [2.24, 2.45) is 0 Å². The maximum atomic E-state index is 12.9. The zero-order valence-corrected chi connectivity index (χ0v) is 21.3. The number of carbonyl (C=O) groups is 2. The molecule has 3 aromatic rings. The van der Waals surface area contributed by atoms with Crippen molar-refractivity contribution in [2.45, 2.75) is 56.7 Å². The first kappa shape index (κ1) is 23.6. The highest BCUT2D eigenvalue weighted by Crippen LogP contribution is 2.35. The van der Waals surface area contributed by atoms with E-state index in [0.717, 1.165) is 54.4 Å². The summed E-state index contributed by atoms with van der Waals surface area (Å²) in [6, 6.07) is 6.17. The van der Waals surface area contributed by atoms with Crippen molar-refractivity contribution in [3.8, 4) is 0 Å². The van der Waals surface area contributed by atoms with Crippen molar-refractivity contribution in [1.29, 1.82) is 0 Å². The maximum absolute atomic E-state index is 12.9. The van der Waals surface area contributed by atoms with Crippen LogP contribution in [0.2, 0.25) is 0 Å². The Balaban J connectivity index is 1.25. The zero-order chi connectivity index (χ0) is 25.7. The summed E-state index contributed by atoms with van der Waals surface area (Å²) in [4.78, 5) is 43.0. The van der Waals surface area contributed by atoms with E-state index in [1.165, 1.54) is 0 Å². The van der Waals surface area contributed by atoms with E-state index >= 15 is 0 Å². The van der Waals surface area contributed by atoms with Crippen LogP contribution in [0.5, 0.6) is 0 Å². The minimum Gasteiger partial charge on any atom is -0.343 e. The highest BCUT2D eigenvalue weighted by molar-refractivity contribution is 5.98. The van der Waals surface area contributed by atoms with E-state index in [4.69, 9.17) is 4.98 Å². The molecule has 5 heterocycles. The molecule has 3 fully saturated rings. The van der Waals surface area contributed by atoms with E-state index < -0.39 is 0 Å². The van der Waals surface area contributed by atoms with Gasteiger partial charge in [0.1, 0.15) is 17.2 Å². The molecule has 0 unspecified atom stereocenters. The predicted octanol–water partition coefficient (Wildman–Crippen LogP) is 3.41. The lowest BCUT2D eigenvalue weighted by molar-refractivity contribution is -0.118. The van der Waals surface area contributed by atoms with Gasteiger partial charge in [0.25, 0.3) is 5.91 Å². The van der Waals surface area contributed by atoms with Gasteiger partial charge in [-0.05, 0) is 37.5 Å². The Bertz CT molecular complexity index is 1370. The number of hydrogen-bond acceptors (Lipinski definition) is 7. The number of nitrogens with one attached hydrogen (secondary N) is 2. The van der Waals surface area contributed by atoms with Gasteiger partial charge in [0.05, 0.1) is 11.9 Å². The monoisotopic (exact) mass is 500 g/mol. The predicted molar refractivity (Wildman–Crippen MR) is 142 cm³/mol. The van der Waals surface area contributed by atoms with Crippen LogP contribution in [-0.4, -0.2) is 69.0 Å². The van der Waals surface area contributed by atoms with Crippen LogP contribution >= 0.6 is 0 Å². The SMILES string of the molecule is C=C1C[C@@H]2CN(c3ccc(Nc4ncc5cc(C(=O)N(C)C)n(C6CCCC6)c5n4)nc3)C(=O)C[C@H]1N2. The molecule has 3 aliphatic rings. The maximum Gasteiger partial charge on any atom is 0.270 e. The van der Waals surface area contributed by atoms with Crippen LogP contribution in [0, 0.1) is 0 Å². The molecule has 2 atom stereocenters. The van der Waals surface area contributed by atoms with Gasteiger partial charge in [-0.1, -0.05) is 25.0 Å². The minimum absolute atomic E-state index is 0.0348. The minimum atomic E-state index is -0.0348. The van der Waals surface area contributed by atoms with Crippen molar-refractivity contribution in [3.63, 3.8) is 0 Å². The molecule has 1 saturated carbocycles. The second-order valence-electron chi connectivity index (χ2n) is 10.5. The number of hydrogen-bond donors (Lipinski definition) is 2. The lowest BCUT2D eigenvalue weighted by atomic mass is 10.0. The lowest BCUT2D eigenvalue weighted by Gasteiger charge is -2.24. The summed E-state index contributed by atoms with van der Waals surface area (Å²) < 4.78 is 2.09. The van der Waals surface area contributed by atoms with Gasteiger partial charge < -0.3 is 25.0 Å². The van der Waals surface area contributed by atoms with Crippen LogP contribution in [0.1, 0.15) is 55.1 Å². The molecule has 0 radical (unpaired) electrons. The summed E-state index contributed by atoms with van der Waals surface area (Å²) in [5.74, 6) is 1.04. The molecule has 2 bridgehead atoms. The van der Waals surface area contributed by atoms with Gasteiger partial charge in [0.2, 0.25) is 11.9 Å². The molecule has 2 aliphatic heterocycles. The molecule has 10 nitrogen and oxygen atoms in total. The van der Waals surface area contributed by atoms with Gasteiger partial charge in [-0.2, -0.15) is 4.98 Å². The zero-order valence-electron chi connectivity index (χ0n) is 21.3. The Kier molecular flexibility index (Phi) is 5.91. The van der Waals surface area contributed by atoms with Gasteiger partial charge in [-0.25, -0.2) is 9.97 Å². The number of anilines is 3. The first-order chi connectivity index (χ1) is 17.9. The Morgan fingerprint density at radius 1 is 1.16 bits per heavy atom. The number of pyridine rings is 1. The number of aromatic nitrogens is 4. The summed E-state index contributed by atoms with van der Waals surface area (Å²) in [5.41, 5.74) is 3.29. The molecule has 2 N–H and O–H groups in total. The summed E-state index contributed by atoms with van der Waals surface area (Å²) >= 11 is 0. The smallest absolute Gasteiger partial charge is 0.270 e. The van der Waals surface area contributed by atoms with E-state index in [-0.39, 0.29) is 29.9 Å². The van der Waals surface area contributed by atoms with Crippen LogP contribution in [0.4, 0.5) is 17.5 Å². The second-order valence-corrected chi connectivity index (χ2v) is 10.5. The van der Waals surface area contributed by atoms with E-state index in [2.05, 4.69) is 31.7 Å². The summed E-state index contributed by atoms with van der Waals surface area (Å²) in [5, 5.41) is 7.53. The first-order valence-electron chi connectivity index (χ1n) is 12.9. The largest absolute Gasteiger partial charge is 0.343 e. The molecular formula is C27H32N8O2. The molecule has 37 heavy (non-hydrogen) atoms. The normalized spacial score (nSPS) is 22.1.